The summed E-state index contributed by atoms with van der Waals surface area (Å²) in [6.45, 7) is 26.9. The van der Waals surface area contributed by atoms with Crippen LogP contribution < -0.4 is 9.47 Å². The Morgan fingerprint density at radius 2 is 0.712 bits per heavy atom. The van der Waals surface area contributed by atoms with Gasteiger partial charge in [-0.05, 0) is 90.2 Å². The summed E-state index contributed by atoms with van der Waals surface area (Å²) in [5, 5.41) is 7.99. The van der Waals surface area contributed by atoms with E-state index in [1.165, 1.54) is 60.1 Å². The number of ether oxygens (including phenoxy) is 2. The van der Waals surface area contributed by atoms with Gasteiger partial charge >= 0.3 is 0 Å². The average Bonchev–Trinajstić information content (AvgIpc) is 3.67. The lowest BCUT2D eigenvalue weighted by atomic mass is 10.1. The van der Waals surface area contributed by atoms with Gasteiger partial charge in [0.05, 0.1) is 0 Å². The molecule has 276 valence electrons. The molecule has 8 rings (SSSR count). The summed E-state index contributed by atoms with van der Waals surface area (Å²) in [5.41, 5.74) is 6.52. The summed E-state index contributed by atoms with van der Waals surface area (Å²) < 4.78 is 10.3. The van der Waals surface area contributed by atoms with Gasteiger partial charge in [0, 0.05) is 0 Å². The lowest BCUT2D eigenvalue weighted by molar-refractivity contribution is 0.174. The van der Waals surface area contributed by atoms with Crippen LogP contribution in [0.15, 0.2) is 140 Å². The summed E-state index contributed by atoms with van der Waals surface area (Å²) in [4.78, 5) is 0. The summed E-state index contributed by atoms with van der Waals surface area (Å²) >= 11 is 0. The topological polar surface area (TPSA) is 18.5 Å². The highest BCUT2D eigenvalue weighted by atomic mass is 16.7. The van der Waals surface area contributed by atoms with Gasteiger partial charge in [-0.25, -0.2) is 0 Å². The first-order valence-electron chi connectivity index (χ1n) is 19.1. The van der Waals surface area contributed by atoms with Crippen LogP contribution in [-0.4, -0.2) is 6.79 Å². The van der Waals surface area contributed by atoms with Crippen LogP contribution >= 0.6 is 0 Å². The van der Waals surface area contributed by atoms with Crippen LogP contribution in [0.25, 0.3) is 32.3 Å². The minimum Gasteiger partial charge on any atom is -0.454 e. The quantitative estimate of drug-likeness (QED) is 0.157. The second kappa shape index (κ2) is 25.8. The highest BCUT2D eigenvalue weighted by Gasteiger charge is 2.11. The molecule has 0 aromatic heterocycles. The van der Waals surface area contributed by atoms with Crippen molar-refractivity contribution in [3.05, 3.63) is 167 Å². The van der Waals surface area contributed by atoms with Crippen LogP contribution in [0.1, 0.15) is 83.2 Å². The SMILES string of the molecule is CC.CC.CC.CC.Cc1ccc2c(c1)OCO2.Cc1ccc2cc(C)ccc2c1.Cc1ccc2ccccc2c1.Cc1cccc2ccccc12. The van der Waals surface area contributed by atoms with E-state index in [1.54, 1.807) is 0 Å². The van der Waals surface area contributed by atoms with Crippen LogP contribution in [-0.2, 0) is 0 Å². The Morgan fingerprint density at radius 1 is 0.327 bits per heavy atom. The molecule has 1 heterocycles. The Morgan fingerprint density at radius 3 is 1.25 bits per heavy atom. The van der Waals surface area contributed by atoms with Gasteiger partial charge in [0.15, 0.2) is 11.5 Å². The molecule has 2 heteroatoms. The van der Waals surface area contributed by atoms with E-state index in [4.69, 9.17) is 9.47 Å². The number of hydrogen-bond acceptors (Lipinski definition) is 2. The van der Waals surface area contributed by atoms with Gasteiger partial charge in [-0.2, -0.15) is 0 Å². The molecule has 2 nitrogen and oxygen atoms in total. The van der Waals surface area contributed by atoms with Crippen molar-refractivity contribution in [3.63, 3.8) is 0 Å². The number of fused-ring (bicyclic) bond motifs is 4. The van der Waals surface area contributed by atoms with Crippen LogP contribution in [0.3, 0.4) is 0 Å². The molecule has 0 saturated heterocycles. The minimum atomic E-state index is 0.360. The van der Waals surface area contributed by atoms with Gasteiger partial charge in [-0.1, -0.05) is 199 Å². The molecule has 0 saturated carbocycles. The molecule has 0 unspecified atom stereocenters. The fourth-order valence-corrected chi connectivity index (χ4v) is 5.18. The maximum absolute atomic E-state index is 5.16. The minimum absolute atomic E-state index is 0.360. The van der Waals surface area contributed by atoms with Gasteiger partial charge in [0.1, 0.15) is 0 Å². The van der Waals surface area contributed by atoms with Crippen molar-refractivity contribution in [2.45, 2.75) is 90.0 Å². The normalized spacial score (nSPS) is 9.87. The Hall–Kier alpha value is -5.08. The lowest BCUT2D eigenvalue weighted by Crippen LogP contribution is -1.92. The molecule has 1 aliphatic rings. The van der Waals surface area contributed by atoms with Crippen molar-refractivity contribution in [3.8, 4) is 11.5 Å². The molecule has 0 amide bonds. The smallest absolute Gasteiger partial charge is 0.231 e. The zero-order chi connectivity index (χ0) is 38.9. The van der Waals surface area contributed by atoms with Gasteiger partial charge < -0.3 is 9.47 Å². The second-order valence-electron chi connectivity index (χ2n) is 11.4. The van der Waals surface area contributed by atoms with Gasteiger partial charge in [-0.15, -0.1) is 0 Å². The second-order valence-corrected chi connectivity index (χ2v) is 11.4. The van der Waals surface area contributed by atoms with Crippen molar-refractivity contribution in [2.75, 3.05) is 6.79 Å². The molecule has 0 bridgehead atoms. The highest BCUT2D eigenvalue weighted by molar-refractivity contribution is 5.85. The van der Waals surface area contributed by atoms with E-state index in [0.717, 1.165) is 11.5 Å². The number of rotatable bonds is 0. The van der Waals surface area contributed by atoms with Crippen molar-refractivity contribution < 1.29 is 9.47 Å². The first-order valence-corrected chi connectivity index (χ1v) is 19.1. The van der Waals surface area contributed by atoms with E-state index in [0.29, 0.717) is 6.79 Å². The molecule has 0 N–H and O–H groups in total. The monoisotopic (exact) mass is 696 g/mol. The summed E-state index contributed by atoms with van der Waals surface area (Å²) in [6, 6.07) is 48.8. The van der Waals surface area contributed by atoms with Gasteiger partial charge in [-0.3, -0.25) is 0 Å². The van der Waals surface area contributed by atoms with Crippen LogP contribution in [0.5, 0.6) is 11.5 Å². The molecular weight excluding hydrogens is 633 g/mol. The Balaban J connectivity index is 0.000000326. The first-order chi connectivity index (χ1) is 25.4. The van der Waals surface area contributed by atoms with E-state index in [-0.39, 0.29) is 0 Å². The fourth-order valence-electron chi connectivity index (χ4n) is 5.18. The van der Waals surface area contributed by atoms with Crippen molar-refractivity contribution in [2.24, 2.45) is 0 Å². The zero-order valence-corrected chi connectivity index (χ0v) is 34.3. The first kappa shape index (κ1) is 44.9. The lowest BCUT2D eigenvalue weighted by Gasteiger charge is -1.99. The number of benzene rings is 7. The number of hydrogen-bond donors (Lipinski definition) is 0. The summed E-state index contributed by atoms with van der Waals surface area (Å²) in [6.07, 6.45) is 0. The maximum atomic E-state index is 5.16. The van der Waals surface area contributed by atoms with Gasteiger partial charge in [0.2, 0.25) is 6.79 Å². The standard InChI is InChI=1S/C12H12.2C11H10.C8H8O2.4C2H6/c1-9-3-5-12-8-10(2)4-6-11(12)7-9;1-9-5-4-7-10-6-2-3-8-11(9)10;1-9-6-7-10-4-2-3-5-11(10)8-9;1-6-2-3-7-8(4-6)10-5-9-7;4*1-2/h3-8H,1-2H3;2*2-8H,1H3;2-4H,5H2,1H3;4*1-2H3. The summed E-state index contributed by atoms with van der Waals surface area (Å²) in [5.74, 6) is 1.71. The zero-order valence-electron chi connectivity index (χ0n) is 34.3. The Labute approximate surface area is 316 Å². The largest absolute Gasteiger partial charge is 0.454 e. The number of aryl methyl sites for hydroxylation is 5. The van der Waals surface area contributed by atoms with Crippen LogP contribution in [0.2, 0.25) is 0 Å². The molecule has 7 aromatic rings. The average molecular weight is 697 g/mol. The third-order valence-corrected chi connectivity index (χ3v) is 7.59. The van der Waals surface area contributed by atoms with E-state index >= 15 is 0 Å². The Kier molecular flexibility index (Phi) is 22.3. The molecule has 52 heavy (non-hydrogen) atoms. The molecular formula is C50H64O2. The molecule has 0 aliphatic carbocycles. The molecule has 7 aromatic carbocycles. The van der Waals surface area contributed by atoms with E-state index < -0.39 is 0 Å². The molecule has 0 radical (unpaired) electrons. The van der Waals surface area contributed by atoms with Crippen LogP contribution in [0, 0.1) is 34.6 Å². The van der Waals surface area contributed by atoms with E-state index in [9.17, 15) is 0 Å². The van der Waals surface area contributed by atoms with E-state index in [1.807, 2.05) is 80.5 Å². The highest BCUT2D eigenvalue weighted by Crippen LogP contribution is 2.32. The predicted octanol–water partition coefficient (Wildman–Crippen LogP) is 15.6. The molecule has 0 spiro atoms. The van der Waals surface area contributed by atoms with Gasteiger partial charge in [0.25, 0.3) is 0 Å². The Bertz CT molecular complexity index is 1950. The molecule has 0 fully saturated rings. The molecule has 1 aliphatic heterocycles. The third-order valence-electron chi connectivity index (χ3n) is 7.59. The van der Waals surface area contributed by atoms with Crippen molar-refractivity contribution >= 4 is 32.3 Å². The third kappa shape index (κ3) is 14.6. The van der Waals surface area contributed by atoms with Crippen molar-refractivity contribution in [1.82, 2.24) is 0 Å². The maximum Gasteiger partial charge on any atom is 0.231 e. The van der Waals surface area contributed by atoms with Crippen molar-refractivity contribution in [1.29, 1.82) is 0 Å². The fraction of sp³-hybridized carbons (Fsp3) is 0.280. The van der Waals surface area contributed by atoms with E-state index in [2.05, 4.69) is 149 Å². The summed E-state index contributed by atoms with van der Waals surface area (Å²) in [7, 11) is 0. The predicted molar refractivity (Wildman–Crippen MR) is 233 cm³/mol. The molecule has 0 atom stereocenters. The van der Waals surface area contributed by atoms with Crippen LogP contribution in [0.4, 0.5) is 0 Å².